The number of halogens is 1. The number of aryl methyl sites for hydroxylation is 1. The fourth-order valence-electron chi connectivity index (χ4n) is 4.99. The number of hydrogen-bond donors (Lipinski definition) is 1. The molecule has 1 atom stereocenters. The molecule has 1 saturated heterocycles. The van der Waals surface area contributed by atoms with Gasteiger partial charge in [-0.25, -0.2) is 9.37 Å². The topological polar surface area (TPSA) is 87.2 Å². The van der Waals surface area contributed by atoms with Gasteiger partial charge in [0.05, 0.1) is 18.8 Å². The number of hydrogen-bond acceptors (Lipinski definition) is 7. The van der Waals surface area contributed by atoms with Crippen molar-refractivity contribution in [3.05, 3.63) is 72.3 Å². The summed E-state index contributed by atoms with van der Waals surface area (Å²) in [4.78, 5) is 4.74. The monoisotopic (exact) mass is 513 g/mol. The first-order valence-corrected chi connectivity index (χ1v) is 12.6. The van der Waals surface area contributed by atoms with Gasteiger partial charge in [-0.1, -0.05) is 36.4 Å². The van der Waals surface area contributed by atoms with Crippen LogP contribution in [0.1, 0.15) is 18.4 Å². The van der Waals surface area contributed by atoms with E-state index in [4.69, 9.17) is 18.9 Å². The van der Waals surface area contributed by atoms with Gasteiger partial charge in [-0.15, -0.1) is 10.2 Å². The highest BCUT2D eigenvalue weighted by atomic mass is 19.1. The Morgan fingerprint density at radius 2 is 2.00 bits per heavy atom. The molecule has 8 nitrogen and oxygen atoms in total. The van der Waals surface area contributed by atoms with Crippen LogP contribution in [0.2, 0.25) is 0 Å². The number of nitrogens with zero attached hydrogens (tertiary/aromatic N) is 4. The van der Waals surface area contributed by atoms with E-state index in [1.807, 2.05) is 49.5 Å². The van der Waals surface area contributed by atoms with E-state index in [0.717, 1.165) is 42.7 Å². The van der Waals surface area contributed by atoms with Gasteiger partial charge in [-0.3, -0.25) is 0 Å². The second-order valence-electron chi connectivity index (χ2n) is 9.41. The Morgan fingerprint density at radius 3 is 2.74 bits per heavy atom. The molecule has 0 unspecified atom stereocenters. The Kier molecular flexibility index (Phi) is 6.61. The molecule has 2 aromatic heterocycles. The SMILES string of the molecule is COc1cc(CNC[C@H]2CCCO2)cc2nc(-c3c(F)ccc(-c4ccccc4)c3-c3nncn3C)oc12. The summed E-state index contributed by atoms with van der Waals surface area (Å²) in [5.74, 6) is 0.726. The molecular formula is C29H28FN5O3. The molecule has 0 saturated carbocycles. The summed E-state index contributed by atoms with van der Waals surface area (Å²) in [6, 6.07) is 16.8. The Balaban J connectivity index is 1.45. The van der Waals surface area contributed by atoms with Gasteiger partial charge in [0.2, 0.25) is 5.89 Å². The molecule has 0 spiro atoms. The minimum Gasteiger partial charge on any atom is -0.493 e. The highest BCUT2D eigenvalue weighted by Crippen LogP contribution is 2.42. The molecule has 0 amide bonds. The number of fused-ring (bicyclic) bond motifs is 1. The van der Waals surface area contributed by atoms with Gasteiger partial charge in [0.1, 0.15) is 17.7 Å². The van der Waals surface area contributed by atoms with Crippen molar-refractivity contribution in [2.75, 3.05) is 20.3 Å². The van der Waals surface area contributed by atoms with Crippen LogP contribution in [0.15, 0.2) is 65.3 Å². The standard InChI is InChI=1S/C29H28FN5O3/c1-35-17-32-34-28(35)25-21(19-7-4-3-5-8-19)10-11-22(30)26(25)29-33-23-13-18(14-24(36-2)27(23)38-29)15-31-16-20-9-6-12-37-20/h3-5,7-8,10-11,13-14,17,20,31H,6,9,12,15-16H2,1-2H3/t20-/m1/s1. The first-order valence-electron chi connectivity index (χ1n) is 12.6. The Labute approximate surface area is 219 Å². The average molecular weight is 514 g/mol. The van der Waals surface area contributed by atoms with Crippen LogP contribution in [0.4, 0.5) is 4.39 Å². The number of oxazole rings is 1. The Hall–Kier alpha value is -4.08. The highest BCUT2D eigenvalue weighted by molar-refractivity contribution is 5.92. The lowest BCUT2D eigenvalue weighted by atomic mass is 9.94. The predicted molar refractivity (Wildman–Crippen MR) is 142 cm³/mol. The molecule has 0 bridgehead atoms. The normalized spacial score (nSPS) is 15.4. The molecular weight excluding hydrogens is 485 g/mol. The van der Waals surface area contributed by atoms with Gasteiger partial charge >= 0.3 is 0 Å². The van der Waals surface area contributed by atoms with Gasteiger partial charge in [0, 0.05) is 32.3 Å². The number of nitrogens with one attached hydrogen (secondary N) is 1. The molecule has 0 aliphatic carbocycles. The first kappa shape index (κ1) is 24.3. The zero-order chi connectivity index (χ0) is 26.1. The Bertz CT molecular complexity index is 1570. The second kappa shape index (κ2) is 10.4. The maximum atomic E-state index is 15.6. The van der Waals surface area contributed by atoms with Crippen molar-refractivity contribution in [3.8, 4) is 39.7 Å². The van der Waals surface area contributed by atoms with Crippen LogP contribution >= 0.6 is 0 Å². The van der Waals surface area contributed by atoms with Crippen molar-refractivity contribution in [1.82, 2.24) is 25.1 Å². The molecule has 1 N–H and O–H groups in total. The third-order valence-electron chi connectivity index (χ3n) is 6.85. The molecule has 3 heterocycles. The number of rotatable bonds is 8. The zero-order valence-electron chi connectivity index (χ0n) is 21.3. The highest BCUT2D eigenvalue weighted by Gasteiger charge is 2.26. The number of ether oxygens (including phenoxy) is 2. The molecule has 3 aromatic carbocycles. The second-order valence-corrected chi connectivity index (χ2v) is 9.41. The van der Waals surface area contributed by atoms with Gasteiger partial charge in [-0.05, 0) is 47.7 Å². The van der Waals surface area contributed by atoms with E-state index in [1.165, 1.54) is 6.07 Å². The predicted octanol–water partition coefficient (Wildman–Crippen LogP) is 5.37. The van der Waals surface area contributed by atoms with Gasteiger partial charge in [-0.2, -0.15) is 0 Å². The van der Waals surface area contributed by atoms with Gasteiger partial charge in [0.15, 0.2) is 17.2 Å². The summed E-state index contributed by atoms with van der Waals surface area (Å²) in [5, 5.41) is 11.8. The number of benzene rings is 3. The third kappa shape index (κ3) is 4.55. The molecule has 1 aliphatic rings. The van der Waals surface area contributed by atoms with E-state index >= 15 is 4.39 Å². The van der Waals surface area contributed by atoms with Crippen LogP contribution < -0.4 is 10.1 Å². The van der Waals surface area contributed by atoms with Gasteiger partial charge in [0.25, 0.3) is 0 Å². The quantitative estimate of drug-likeness (QED) is 0.298. The number of methoxy groups -OCH3 is 1. The van der Waals surface area contributed by atoms with Crippen molar-refractivity contribution in [2.45, 2.75) is 25.5 Å². The first-order chi connectivity index (χ1) is 18.6. The molecule has 194 valence electrons. The summed E-state index contributed by atoms with van der Waals surface area (Å²) in [6.45, 7) is 2.23. The van der Waals surface area contributed by atoms with Crippen molar-refractivity contribution < 1.29 is 18.3 Å². The summed E-state index contributed by atoms with van der Waals surface area (Å²) < 4.78 is 34.9. The van der Waals surface area contributed by atoms with Gasteiger partial charge < -0.3 is 23.8 Å². The van der Waals surface area contributed by atoms with Crippen LogP contribution in [0.3, 0.4) is 0 Å². The van der Waals surface area contributed by atoms with Crippen molar-refractivity contribution >= 4 is 11.1 Å². The lowest BCUT2D eigenvalue weighted by molar-refractivity contribution is 0.110. The minimum atomic E-state index is -0.466. The van der Waals surface area contributed by atoms with E-state index < -0.39 is 5.82 Å². The Morgan fingerprint density at radius 1 is 1.13 bits per heavy atom. The fraction of sp³-hybridized carbons (Fsp3) is 0.276. The maximum Gasteiger partial charge on any atom is 0.231 e. The molecule has 5 aromatic rings. The van der Waals surface area contributed by atoms with E-state index in [1.54, 1.807) is 24.1 Å². The fourth-order valence-corrected chi connectivity index (χ4v) is 4.99. The lowest BCUT2D eigenvalue weighted by Gasteiger charge is -2.14. The largest absolute Gasteiger partial charge is 0.493 e. The molecule has 9 heteroatoms. The van der Waals surface area contributed by atoms with Crippen molar-refractivity contribution in [1.29, 1.82) is 0 Å². The van der Waals surface area contributed by atoms with Crippen molar-refractivity contribution in [2.24, 2.45) is 7.05 Å². The summed E-state index contributed by atoms with van der Waals surface area (Å²) in [5.41, 5.74) is 4.52. The van der Waals surface area contributed by atoms with Crippen LogP contribution in [0.5, 0.6) is 5.75 Å². The van der Waals surface area contributed by atoms with Crippen LogP contribution in [0.25, 0.3) is 45.1 Å². The van der Waals surface area contributed by atoms with Crippen LogP contribution in [-0.4, -0.2) is 46.1 Å². The molecule has 6 rings (SSSR count). The molecule has 1 fully saturated rings. The summed E-state index contributed by atoms with van der Waals surface area (Å²) in [7, 11) is 3.41. The number of aromatic nitrogens is 4. The summed E-state index contributed by atoms with van der Waals surface area (Å²) in [6.07, 6.45) is 4.01. The minimum absolute atomic E-state index is 0.149. The van der Waals surface area contributed by atoms with Crippen LogP contribution in [0, 0.1) is 5.82 Å². The smallest absolute Gasteiger partial charge is 0.231 e. The van der Waals surface area contributed by atoms with E-state index in [0.29, 0.717) is 34.8 Å². The molecule has 0 radical (unpaired) electrons. The zero-order valence-corrected chi connectivity index (χ0v) is 21.3. The average Bonchev–Trinajstić information content (AvgIpc) is 3.70. The van der Waals surface area contributed by atoms with Crippen molar-refractivity contribution in [3.63, 3.8) is 0 Å². The van der Waals surface area contributed by atoms with E-state index in [2.05, 4.69) is 15.5 Å². The summed E-state index contributed by atoms with van der Waals surface area (Å²) >= 11 is 0. The lowest BCUT2D eigenvalue weighted by Crippen LogP contribution is -2.25. The molecule has 1 aliphatic heterocycles. The van der Waals surface area contributed by atoms with E-state index in [9.17, 15) is 0 Å². The van der Waals surface area contributed by atoms with Crippen LogP contribution in [-0.2, 0) is 18.3 Å². The molecule has 38 heavy (non-hydrogen) atoms. The maximum absolute atomic E-state index is 15.6. The van der Waals surface area contributed by atoms with E-state index in [-0.39, 0.29) is 17.6 Å². The third-order valence-corrected chi connectivity index (χ3v) is 6.85.